The highest BCUT2D eigenvalue weighted by atomic mass is 16.3. The summed E-state index contributed by atoms with van der Waals surface area (Å²) < 4.78 is 0. The van der Waals surface area contributed by atoms with Gasteiger partial charge >= 0.3 is 0 Å². The van der Waals surface area contributed by atoms with Crippen LogP contribution in [0.1, 0.15) is 0 Å². The lowest BCUT2D eigenvalue weighted by molar-refractivity contribution is 0.474. The van der Waals surface area contributed by atoms with Gasteiger partial charge in [-0.1, -0.05) is 0 Å². The monoisotopic (exact) mass is 136 g/mol. The number of rotatable bonds is 1. The van der Waals surface area contributed by atoms with Crippen molar-refractivity contribution in [3.05, 3.63) is 24.3 Å². The fourth-order valence-electron chi connectivity index (χ4n) is 0.687. The first-order valence-corrected chi connectivity index (χ1v) is 3.08. The van der Waals surface area contributed by atoms with Gasteiger partial charge in [-0.3, -0.25) is 0 Å². The van der Waals surface area contributed by atoms with Crippen molar-refractivity contribution in [3.8, 4) is 5.75 Å². The van der Waals surface area contributed by atoms with E-state index in [-0.39, 0.29) is 5.75 Å². The summed E-state index contributed by atoms with van der Waals surface area (Å²) in [5.74, 6) is 0.186. The molecule has 0 spiro atoms. The third-order valence-electron chi connectivity index (χ3n) is 1.30. The summed E-state index contributed by atoms with van der Waals surface area (Å²) in [7, 11) is 3.89. The van der Waals surface area contributed by atoms with Crippen LogP contribution in [0.3, 0.4) is 0 Å². The lowest BCUT2D eigenvalue weighted by Crippen LogP contribution is -2.07. The van der Waals surface area contributed by atoms with E-state index in [4.69, 9.17) is 5.11 Å². The minimum atomic E-state index is 0.186. The van der Waals surface area contributed by atoms with Crippen LogP contribution < -0.4 is 4.90 Å². The SMILES string of the molecule is CN(C)c1c[c]c(O)cc1. The van der Waals surface area contributed by atoms with Crippen molar-refractivity contribution in [2.45, 2.75) is 0 Å². The molecule has 0 saturated carbocycles. The van der Waals surface area contributed by atoms with Gasteiger partial charge in [-0.15, -0.1) is 0 Å². The van der Waals surface area contributed by atoms with Gasteiger partial charge in [0, 0.05) is 25.8 Å². The number of hydrogen-bond acceptors (Lipinski definition) is 2. The van der Waals surface area contributed by atoms with Crippen LogP contribution in [0.2, 0.25) is 0 Å². The summed E-state index contributed by atoms with van der Waals surface area (Å²) in [6.45, 7) is 0. The van der Waals surface area contributed by atoms with Crippen molar-refractivity contribution in [3.63, 3.8) is 0 Å². The van der Waals surface area contributed by atoms with Gasteiger partial charge in [-0.2, -0.15) is 0 Å². The van der Waals surface area contributed by atoms with Crippen LogP contribution in [0, 0.1) is 6.07 Å². The molecule has 0 saturated heterocycles. The van der Waals surface area contributed by atoms with Crippen LogP contribution in [0.4, 0.5) is 5.69 Å². The van der Waals surface area contributed by atoms with Gasteiger partial charge < -0.3 is 10.0 Å². The predicted octanol–water partition coefficient (Wildman–Crippen LogP) is 1.26. The van der Waals surface area contributed by atoms with E-state index in [9.17, 15) is 0 Å². The van der Waals surface area contributed by atoms with E-state index in [1.54, 1.807) is 12.1 Å². The summed E-state index contributed by atoms with van der Waals surface area (Å²) in [4.78, 5) is 1.95. The Balaban J connectivity index is 2.89. The summed E-state index contributed by atoms with van der Waals surface area (Å²) >= 11 is 0. The maximum atomic E-state index is 8.86. The molecule has 0 amide bonds. The molecular weight excluding hydrogens is 126 g/mol. The third-order valence-corrected chi connectivity index (χ3v) is 1.30. The minimum absolute atomic E-state index is 0.186. The molecule has 0 unspecified atom stereocenters. The van der Waals surface area contributed by atoms with Crippen LogP contribution in [0.15, 0.2) is 18.2 Å². The largest absolute Gasteiger partial charge is 0.507 e. The normalized spacial score (nSPS) is 9.40. The van der Waals surface area contributed by atoms with Gasteiger partial charge in [-0.25, -0.2) is 0 Å². The quantitative estimate of drug-likeness (QED) is 0.628. The number of aromatic hydroxyl groups is 1. The van der Waals surface area contributed by atoms with Crippen molar-refractivity contribution in [2.75, 3.05) is 19.0 Å². The second-order valence-electron chi connectivity index (χ2n) is 2.33. The first-order valence-electron chi connectivity index (χ1n) is 3.08. The molecule has 10 heavy (non-hydrogen) atoms. The first-order chi connectivity index (χ1) is 4.70. The van der Waals surface area contributed by atoms with Crippen molar-refractivity contribution in [2.24, 2.45) is 0 Å². The number of phenolic OH excluding ortho intramolecular Hbond substituents is 1. The number of hydrogen-bond donors (Lipinski definition) is 1. The predicted molar refractivity (Wildman–Crippen MR) is 41.3 cm³/mol. The second kappa shape index (κ2) is 2.60. The molecule has 1 N–H and O–H groups in total. The molecule has 0 fully saturated rings. The van der Waals surface area contributed by atoms with Gasteiger partial charge in [0.15, 0.2) is 0 Å². The number of anilines is 1. The Bertz CT molecular complexity index is 203. The topological polar surface area (TPSA) is 23.5 Å². The summed E-state index contributed by atoms with van der Waals surface area (Å²) in [6, 6.07) is 7.90. The Kier molecular flexibility index (Phi) is 1.81. The van der Waals surface area contributed by atoms with E-state index in [0.717, 1.165) is 5.69 Å². The highest BCUT2D eigenvalue weighted by molar-refractivity contribution is 5.46. The maximum Gasteiger partial charge on any atom is 0.123 e. The average Bonchev–Trinajstić information content (AvgIpc) is 1.88. The first kappa shape index (κ1) is 6.93. The Morgan fingerprint density at radius 1 is 1.40 bits per heavy atom. The van der Waals surface area contributed by atoms with Crippen LogP contribution in [0.25, 0.3) is 0 Å². The molecular formula is C8H10NO. The Morgan fingerprint density at radius 3 is 2.50 bits per heavy atom. The van der Waals surface area contributed by atoms with E-state index in [0.29, 0.717) is 0 Å². The second-order valence-corrected chi connectivity index (χ2v) is 2.33. The van der Waals surface area contributed by atoms with Gasteiger partial charge in [0.05, 0.1) is 0 Å². The Labute approximate surface area is 60.7 Å². The number of benzene rings is 1. The third kappa shape index (κ3) is 1.41. The fourth-order valence-corrected chi connectivity index (χ4v) is 0.687. The van der Waals surface area contributed by atoms with Crippen molar-refractivity contribution < 1.29 is 5.11 Å². The molecule has 0 bridgehead atoms. The molecule has 0 aliphatic heterocycles. The molecule has 1 aromatic rings. The fraction of sp³-hybridized carbons (Fsp3) is 0.250. The van der Waals surface area contributed by atoms with Crippen LogP contribution in [0.5, 0.6) is 5.75 Å². The van der Waals surface area contributed by atoms with Crippen molar-refractivity contribution >= 4 is 5.69 Å². The van der Waals surface area contributed by atoms with E-state index in [2.05, 4.69) is 6.07 Å². The van der Waals surface area contributed by atoms with Gasteiger partial charge in [0.2, 0.25) is 0 Å². The lowest BCUT2D eigenvalue weighted by Gasteiger charge is -2.10. The van der Waals surface area contributed by atoms with Gasteiger partial charge in [-0.05, 0) is 18.2 Å². The Hall–Kier alpha value is -1.18. The molecule has 1 radical (unpaired) electrons. The minimum Gasteiger partial charge on any atom is -0.507 e. The lowest BCUT2D eigenvalue weighted by atomic mass is 10.3. The Morgan fingerprint density at radius 2 is 2.10 bits per heavy atom. The molecule has 2 nitrogen and oxygen atoms in total. The molecule has 0 aliphatic carbocycles. The molecule has 53 valence electrons. The summed E-state index contributed by atoms with van der Waals surface area (Å²) in [6.07, 6.45) is 0. The van der Waals surface area contributed by atoms with Crippen LogP contribution in [-0.4, -0.2) is 19.2 Å². The molecule has 0 atom stereocenters. The molecule has 1 aromatic carbocycles. The van der Waals surface area contributed by atoms with Crippen LogP contribution in [-0.2, 0) is 0 Å². The standard InChI is InChI=1S/C8H10NO/c1-9(2)7-3-5-8(10)6-4-7/h3-5,10H,1-2H3. The molecule has 0 aliphatic rings. The van der Waals surface area contributed by atoms with Gasteiger partial charge in [0.25, 0.3) is 0 Å². The zero-order chi connectivity index (χ0) is 7.56. The summed E-state index contributed by atoms with van der Waals surface area (Å²) in [5, 5.41) is 8.86. The highest BCUT2D eigenvalue weighted by Crippen LogP contribution is 2.14. The van der Waals surface area contributed by atoms with E-state index in [1.807, 2.05) is 25.1 Å². The average molecular weight is 136 g/mol. The zero-order valence-corrected chi connectivity index (χ0v) is 6.13. The highest BCUT2D eigenvalue weighted by Gasteiger charge is 1.92. The van der Waals surface area contributed by atoms with Crippen molar-refractivity contribution in [1.29, 1.82) is 0 Å². The smallest absolute Gasteiger partial charge is 0.123 e. The zero-order valence-electron chi connectivity index (χ0n) is 6.13. The van der Waals surface area contributed by atoms with E-state index < -0.39 is 0 Å². The maximum absolute atomic E-state index is 8.86. The molecule has 2 heteroatoms. The van der Waals surface area contributed by atoms with E-state index >= 15 is 0 Å². The number of phenols is 1. The van der Waals surface area contributed by atoms with Gasteiger partial charge in [0.1, 0.15) is 5.75 Å². The molecule has 1 rings (SSSR count). The molecule has 0 heterocycles. The molecule has 0 aromatic heterocycles. The van der Waals surface area contributed by atoms with E-state index in [1.165, 1.54) is 0 Å². The van der Waals surface area contributed by atoms with Crippen LogP contribution >= 0.6 is 0 Å². The number of nitrogens with zero attached hydrogens (tertiary/aromatic N) is 1. The van der Waals surface area contributed by atoms with Crippen molar-refractivity contribution in [1.82, 2.24) is 0 Å². The summed E-state index contributed by atoms with van der Waals surface area (Å²) in [5.41, 5.74) is 1.04.